The van der Waals surface area contributed by atoms with Crippen molar-refractivity contribution in [1.82, 2.24) is 0 Å². The third-order valence-corrected chi connectivity index (χ3v) is 3.17. The van der Waals surface area contributed by atoms with Crippen molar-refractivity contribution in [3.63, 3.8) is 0 Å². The Balaban J connectivity index is 2.53. The molecule has 2 aromatic rings. The number of benzene rings is 1. The maximum absolute atomic E-state index is 11.6. The molecule has 20 heavy (non-hydrogen) atoms. The zero-order valence-electron chi connectivity index (χ0n) is 11.7. The van der Waals surface area contributed by atoms with Crippen molar-refractivity contribution in [3.05, 3.63) is 51.4 Å². The van der Waals surface area contributed by atoms with E-state index in [0.717, 1.165) is 29.4 Å². The second kappa shape index (κ2) is 6.14. The maximum atomic E-state index is 11.6. The van der Waals surface area contributed by atoms with E-state index in [-0.39, 0.29) is 5.63 Å². The van der Waals surface area contributed by atoms with Gasteiger partial charge in [-0.3, -0.25) is 0 Å². The SMILES string of the molecule is C=C(C)COc1cc2oc(=O)cc(CCC)c2cc1Cl. The Labute approximate surface area is 122 Å². The number of ether oxygens (including phenoxy) is 1. The molecule has 0 spiro atoms. The predicted octanol–water partition coefficient (Wildman–Crippen LogP) is 4.35. The summed E-state index contributed by atoms with van der Waals surface area (Å²) in [6, 6.07) is 4.98. The largest absolute Gasteiger partial charge is 0.488 e. The van der Waals surface area contributed by atoms with Crippen LogP contribution in [-0.4, -0.2) is 6.61 Å². The van der Waals surface area contributed by atoms with E-state index in [9.17, 15) is 4.79 Å². The molecule has 1 heterocycles. The number of rotatable bonds is 5. The molecule has 106 valence electrons. The van der Waals surface area contributed by atoms with E-state index < -0.39 is 0 Å². The molecule has 0 atom stereocenters. The van der Waals surface area contributed by atoms with E-state index in [0.29, 0.717) is 23.0 Å². The molecule has 0 radical (unpaired) electrons. The molecule has 0 N–H and O–H groups in total. The van der Waals surface area contributed by atoms with Crippen LogP contribution in [0.15, 0.2) is 39.6 Å². The van der Waals surface area contributed by atoms with Crippen LogP contribution in [0.25, 0.3) is 11.0 Å². The molecule has 0 saturated heterocycles. The number of fused-ring (bicyclic) bond motifs is 1. The first-order chi connectivity index (χ1) is 9.51. The highest BCUT2D eigenvalue weighted by atomic mass is 35.5. The maximum Gasteiger partial charge on any atom is 0.336 e. The third kappa shape index (κ3) is 3.23. The first-order valence-corrected chi connectivity index (χ1v) is 6.92. The highest BCUT2D eigenvalue weighted by Crippen LogP contribution is 2.31. The standard InChI is InChI=1S/C16H17ClO3/c1-4-5-11-6-16(18)20-14-8-15(19-9-10(2)3)13(17)7-12(11)14/h6-8H,2,4-5,9H2,1,3H3. The summed E-state index contributed by atoms with van der Waals surface area (Å²) in [6.45, 7) is 8.08. The summed E-state index contributed by atoms with van der Waals surface area (Å²) < 4.78 is 10.8. The smallest absolute Gasteiger partial charge is 0.336 e. The highest BCUT2D eigenvalue weighted by molar-refractivity contribution is 6.32. The van der Waals surface area contributed by atoms with Crippen molar-refractivity contribution in [2.75, 3.05) is 6.61 Å². The van der Waals surface area contributed by atoms with Gasteiger partial charge in [-0.15, -0.1) is 0 Å². The van der Waals surface area contributed by atoms with Gasteiger partial charge in [0.25, 0.3) is 0 Å². The lowest BCUT2D eigenvalue weighted by Gasteiger charge is -2.10. The highest BCUT2D eigenvalue weighted by Gasteiger charge is 2.10. The van der Waals surface area contributed by atoms with E-state index in [2.05, 4.69) is 13.5 Å². The zero-order valence-corrected chi connectivity index (χ0v) is 12.4. The first kappa shape index (κ1) is 14.7. The fourth-order valence-electron chi connectivity index (χ4n) is 2.02. The lowest BCUT2D eigenvalue weighted by Crippen LogP contribution is -2.02. The summed E-state index contributed by atoms with van der Waals surface area (Å²) >= 11 is 6.22. The van der Waals surface area contributed by atoms with Crippen molar-refractivity contribution in [2.45, 2.75) is 26.7 Å². The van der Waals surface area contributed by atoms with Gasteiger partial charge in [-0.1, -0.05) is 31.5 Å². The average molecular weight is 293 g/mol. The molecule has 1 aromatic heterocycles. The molecule has 2 rings (SSSR count). The van der Waals surface area contributed by atoms with Gasteiger partial charge in [0.2, 0.25) is 0 Å². The number of hydrogen-bond acceptors (Lipinski definition) is 3. The Morgan fingerprint density at radius 3 is 2.80 bits per heavy atom. The lowest BCUT2D eigenvalue weighted by atomic mass is 10.1. The number of halogens is 1. The Bertz CT molecular complexity index is 701. The minimum absolute atomic E-state index is 0.353. The van der Waals surface area contributed by atoms with Gasteiger partial charge in [0.1, 0.15) is 17.9 Å². The van der Waals surface area contributed by atoms with E-state index in [1.807, 2.05) is 6.92 Å². The van der Waals surface area contributed by atoms with Crippen LogP contribution in [0.4, 0.5) is 0 Å². The van der Waals surface area contributed by atoms with E-state index in [1.54, 1.807) is 12.1 Å². The van der Waals surface area contributed by atoms with Crippen LogP contribution < -0.4 is 10.4 Å². The van der Waals surface area contributed by atoms with Crippen LogP contribution in [0.3, 0.4) is 0 Å². The van der Waals surface area contributed by atoms with Crippen LogP contribution in [0.2, 0.25) is 5.02 Å². The fraction of sp³-hybridized carbons (Fsp3) is 0.312. The topological polar surface area (TPSA) is 39.4 Å². The lowest BCUT2D eigenvalue weighted by molar-refractivity contribution is 0.352. The van der Waals surface area contributed by atoms with Gasteiger partial charge < -0.3 is 9.15 Å². The minimum Gasteiger partial charge on any atom is -0.488 e. The first-order valence-electron chi connectivity index (χ1n) is 6.54. The quantitative estimate of drug-likeness (QED) is 0.607. The molecular formula is C16H17ClO3. The van der Waals surface area contributed by atoms with Gasteiger partial charge in [-0.05, 0) is 30.5 Å². The average Bonchev–Trinajstić information content (AvgIpc) is 2.37. The summed E-state index contributed by atoms with van der Waals surface area (Å²) in [5, 5.41) is 1.36. The molecule has 0 aliphatic heterocycles. The normalized spacial score (nSPS) is 10.8. The van der Waals surface area contributed by atoms with Crippen LogP contribution in [0, 0.1) is 0 Å². The zero-order chi connectivity index (χ0) is 14.7. The Morgan fingerprint density at radius 1 is 1.40 bits per heavy atom. The van der Waals surface area contributed by atoms with E-state index >= 15 is 0 Å². The second-order valence-corrected chi connectivity index (χ2v) is 5.27. The van der Waals surface area contributed by atoms with Gasteiger partial charge in [-0.25, -0.2) is 4.79 Å². The molecule has 0 unspecified atom stereocenters. The van der Waals surface area contributed by atoms with Crippen LogP contribution >= 0.6 is 11.6 Å². The summed E-state index contributed by atoms with van der Waals surface area (Å²) in [5.41, 5.74) is 1.99. The molecule has 3 nitrogen and oxygen atoms in total. The van der Waals surface area contributed by atoms with Crippen LogP contribution in [0.5, 0.6) is 5.75 Å². The summed E-state index contributed by atoms with van der Waals surface area (Å²) in [5.74, 6) is 0.499. The van der Waals surface area contributed by atoms with Gasteiger partial charge in [0.05, 0.1) is 5.02 Å². The monoisotopic (exact) mass is 292 g/mol. The summed E-state index contributed by atoms with van der Waals surface area (Å²) in [4.78, 5) is 11.6. The second-order valence-electron chi connectivity index (χ2n) is 4.87. The molecular weight excluding hydrogens is 276 g/mol. The van der Waals surface area contributed by atoms with Gasteiger partial charge in [0.15, 0.2) is 0 Å². The number of hydrogen-bond donors (Lipinski definition) is 0. The molecule has 0 fully saturated rings. The van der Waals surface area contributed by atoms with Gasteiger partial charge in [-0.2, -0.15) is 0 Å². The van der Waals surface area contributed by atoms with Gasteiger partial charge >= 0.3 is 5.63 Å². The Morgan fingerprint density at radius 2 is 2.15 bits per heavy atom. The van der Waals surface area contributed by atoms with Crippen LogP contribution in [0.1, 0.15) is 25.8 Å². The molecule has 4 heteroatoms. The predicted molar refractivity (Wildman–Crippen MR) is 81.8 cm³/mol. The Hall–Kier alpha value is -1.74. The fourth-order valence-corrected chi connectivity index (χ4v) is 2.23. The van der Waals surface area contributed by atoms with Gasteiger partial charge in [0, 0.05) is 17.5 Å². The molecule has 0 aliphatic rings. The van der Waals surface area contributed by atoms with Crippen molar-refractivity contribution in [3.8, 4) is 5.75 Å². The minimum atomic E-state index is -0.353. The third-order valence-electron chi connectivity index (χ3n) is 2.88. The van der Waals surface area contributed by atoms with Crippen molar-refractivity contribution in [2.24, 2.45) is 0 Å². The van der Waals surface area contributed by atoms with E-state index in [1.165, 1.54) is 6.07 Å². The molecule has 0 aliphatic carbocycles. The van der Waals surface area contributed by atoms with Crippen LogP contribution in [-0.2, 0) is 6.42 Å². The van der Waals surface area contributed by atoms with Crippen molar-refractivity contribution < 1.29 is 9.15 Å². The van der Waals surface area contributed by atoms with Crippen molar-refractivity contribution in [1.29, 1.82) is 0 Å². The molecule has 0 saturated carbocycles. The van der Waals surface area contributed by atoms with Crippen molar-refractivity contribution >= 4 is 22.6 Å². The molecule has 1 aromatic carbocycles. The molecule has 0 amide bonds. The summed E-state index contributed by atoms with van der Waals surface area (Å²) in [7, 11) is 0. The molecule has 0 bridgehead atoms. The van der Waals surface area contributed by atoms with E-state index in [4.69, 9.17) is 20.8 Å². The number of aryl methyl sites for hydroxylation is 1. The Kier molecular flexibility index (Phi) is 4.50. The summed E-state index contributed by atoms with van der Waals surface area (Å²) in [6.07, 6.45) is 1.76.